The van der Waals surface area contributed by atoms with Crippen molar-refractivity contribution in [1.29, 1.82) is 5.26 Å². The maximum Gasteiger partial charge on any atom is 0.144 e. The SMILES string of the molecule is CCC1OCCC1CNc1nccc(C)c1C#N. The summed E-state index contributed by atoms with van der Waals surface area (Å²) in [6.07, 6.45) is 4.20. The zero-order chi connectivity index (χ0) is 13.0. The lowest BCUT2D eigenvalue weighted by Gasteiger charge is -2.18. The quantitative estimate of drug-likeness (QED) is 0.885. The third-order valence-electron chi connectivity index (χ3n) is 3.55. The van der Waals surface area contributed by atoms with Crippen LogP contribution in [0.5, 0.6) is 0 Å². The van der Waals surface area contributed by atoms with Gasteiger partial charge in [-0.1, -0.05) is 6.92 Å². The summed E-state index contributed by atoms with van der Waals surface area (Å²) >= 11 is 0. The molecular formula is C14H19N3O. The Morgan fingerprint density at radius 3 is 3.17 bits per heavy atom. The highest BCUT2D eigenvalue weighted by molar-refractivity contribution is 5.55. The molecule has 0 bridgehead atoms. The molecule has 1 aliphatic rings. The molecule has 0 amide bonds. The Balaban J connectivity index is 2.02. The van der Waals surface area contributed by atoms with E-state index >= 15 is 0 Å². The van der Waals surface area contributed by atoms with Crippen molar-refractivity contribution in [3.63, 3.8) is 0 Å². The zero-order valence-electron chi connectivity index (χ0n) is 10.9. The Morgan fingerprint density at radius 1 is 1.61 bits per heavy atom. The van der Waals surface area contributed by atoms with Gasteiger partial charge in [-0.05, 0) is 31.4 Å². The van der Waals surface area contributed by atoms with Gasteiger partial charge in [-0.2, -0.15) is 5.26 Å². The first-order valence-electron chi connectivity index (χ1n) is 6.47. The Bertz CT molecular complexity index is 453. The Kier molecular flexibility index (Phi) is 4.16. The van der Waals surface area contributed by atoms with Crippen molar-refractivity contribution in [3.8, 4) is 6.07 Å². The average Bonchev–Trinajstić information content (AvgIpc) is 2.83. The number of aromatic nitrogens is 1. The molecule has 4 heteroatoms. The number of nitrogens with zero attached hydrogens (tertiary/aromatic N) is 2. The van der Waals surface area contributed by atoms with Gasteiger partial charge in [0.15, 0.2) is 0 Å². The summed E-state index contributed by atoms with van der Waals surface area (Å²) in [5.41, 5.74) is 1.61. The third-order valence-corrected chi connectivity index (χ3v) is 3.55. The topological polar surface area (TPSA) is 57.9 Å². The minimum absolute atomic E-state index is 0.341. The molecule has 2 atom stereocenters. The normalized spacial score (nSPS) is 22.7. The monoisotopic (exact) mass is 245 g/mol. The van der Waals surface area contributed by atoms with Gasteiger partial charge in [-0.15, -0.1) is 0 Å². The number of nitrogens with one attached hydrogen (secondary N) is 1. The minimum Gasteiger partial charge on any atom is -0.378 e. The van der Waals surface area contributed by atoms with Crippen LogP contribution in [-0.4, -0.2) is 24.2 Å². The predicted molar refractivity (Wildman–Crippen MR) is 70.3 cm³/mol. The summed E-state index contributed by atoms with van der Waals surface area (Å²) < 4.78 is 5.66. The predicted octanol–water partition coefficient (Wildman–Crippen LogP) is 2.49. The van der Waals surface area contributed by atoms with Gasteiger partial charge in [0.2, 0.25) is 0 Å². The highest BCUT2D eigenvalue weighted by Crippen LogP contribution is 2.24. The van der Waals surface area contributed by atoms with E-state index in [-0.39, 0.29) is 0 Å². The Hall–Kier alpha value is -1.60. The molecule has 1 saturated heterocycles. The molecule has 2 rings (SSSR count). The molecule has 1 aromatic rings. The lowest BCUT2D eigenvalue weighted by molar-refractivity contribution is 0.0900. The van der Waals surface area contributed by atoms with E-state index in [0.717, 1.165) is 31.6 Å². The smallest absolute Gasteiger partial charge is 0.144 e. The molecule has 1 N–H and O–H groups in total. The van der Waals surface area contributed by atoms with Gasteiger partial charge in [0, 0.05) is 25.3 Å². The molecule has 2 unspecified atom stereocenters. The molecule has 1 aromatic heterocycles. The lowest BCUT2D eigenvalue weighted by Crippen LogP contribution is -2.23. The van der Waals surface area contributed by atoms with Crippen LogP contribution in [0.4, 0.5) is 5.82 Å². The van der Waals surface area contributed by atoms with E-state index in [9.17, 15) is 0 Å². The van der Waals surface area contributed by atoms with Crippen LogP contribution in [0.25, 0.3) is 0 Å². The van der Waals surface area contributed by atoms with Crippen LogP contribution in [0, 0.1) is 24.2 Å². The number of aryl methyl sites for hydroxylation is 1. The molecule has 4 nitrogen and oxygen atoms in total. The molecule has 0 saturated carbocycles. The van der Waals surface area contributed by atoms with Gasteiger partial charge >= 0.3 is 0 Å². The van der Waals surface area contributed by atoms with Crippen LogP contribution in [0.15, 0.2) is 12.3 Å². The van der Waals surface area contributed by atoms with Crippen LogP contribution in [0.1, 0.15) is 30.9 Å². The van der Waals surface area contributed by atoms with E-state index < -0.39 is 0 Å². The first kappa shape index (κ1) is 12.8. The van der Waals surface area contributed by atoms with Crippen molar-refractivity contribution >= 4 is 5.82 Å². The number of ether oxygens (including phenoxy) is 1. The molecule has 0 aliphatic carbocycles. The van der Waals surface area contributed by atoms with Gasteiger partial charge in [-0.3, -0.25) is 0 Å². The number of anilines is 1. The highest BCUT2D eigenvalue weighted by Gasteiger charge is 2.26. The van der Waals surface area contributed by atoms with Gasteiger partial charge in [0.25, 0.3) is 0 Å². The van der Waals surface area contributed by atoms with E-state index in [1.807, 2.05) is 13.0 Å². The second-order valence-corrected chi connectivity index (χ2v) is 4.71. The number of rotatable bonds is 4. The summed E-state index contributed by atoms with van der Waals surface area (Å²) in [6.45, 7) is 5.74. The fourth-order valence-corrected chi connectivity index (χ4v) is 2.44. The first-order chi connectivity index (χ1) is 8.76. The van der Waals surface area contributed by atoms with E-state index in [1.54, 1.807) is 6.20 Å². The summed E-state index contributed by atoms with van der Waals surface area (Å²) in [6, 6.07) is 4.07. The minimum atomic E-state index is 0.341. The van der Waals surface area contributed by atoms with Crippen molar-refractivity contribution in [1.82, 2.24) is 4.98 Å². The van der Waals surface area contributed by atoms with E-state index in [1.165, 1.54) is 0 Å². The maximum atomic E-state index is 9.13. The van der Waals surface area contributed by atoms with Gasteiger partial charge in [-0.25, -0.2) is 4.98 Å². The molecule has 18 heavy (non-hydrogen) atoms. The van der Waals surface area contributed by atoms with Crippen LogP contribution < -0.4 is 5.32 Å². The third kappa shape index (κ3) is 2.62. The van der Waals surface area contributed by atoms with Crippen LogP contribution in [-0.2, 0) is 4.74 Å². The largest absolute Gasteiger partial charge is 0.378 e. The van der Waals surface area contributed by atoms with Crippen molar-refractivity contribution in [2.24, 2.45) is 5.92 Å². The van der Waals surface area contributed by atoms with E-state index in [0.29, 0.717) is 23.4 Å². The Morgan fingerprint density at radius 2 is 2.44 bits per heavy atom. The van der Waals surface area contributed by atoms with Gasteiger partial charge in [0.05, 0.1) is 11.7 Å². The maximum absolute atomic E-state index is 9.13. The lowest BCUT2D eigenvalue weighted by atomic mass is 9.99. The fourth-order valence-electron chi connectivity index (χ4n) is 2.44. The zero-order valence-corrected chi connectivity index (χ0v) is 10.9. The van der Waals surface area contributed by atoms with Crippen molar-refractivity contribution < 1.29 is 4.74 Å². The number of hydrogen-bond donors (Lipinski definition) is 1. The van der Waals surface area contributed by atoms with Gasteiger partial charge in [0.1, 0.15) is 11.9 Å². The van der Waals surface area contributed by atoms with E-state index in [4.69, 9.17) is 10.00 Å². The molecule has 0 radical (unpaired) electrons. The Labute approximate surface area is 108 Å². The number of hydrogen-bond acceptors (Lipinski definition) is 4. The second-order valence-electron chi connectivity index (χ2n) is 4.71. The molecule has 1 fully saturated rings. The summed E-state index contributed by atoms with van der Waals surface area (Å²) in [5, 5.41) is 12.4. The van der Waals surface area contributed by atoms with Crippen LogP contribution >= 0.6 is 0 Å². The van der Waals surface area contributed by atoms with E-state index in [2.05, 4.69) is 23.3 Å². The van der Waals surface area contributed by atoms with Crippen molar-refractivity contribution in [2.75, 3.05) is 18.5 Å². The average molecular weight is 245 g/mol. The molecular weight excluding hydrogens is 226 g/mol. The summed E-state index contributed by atoms with van der Waals surface area (Å²) in [7, 11) is 0. The molecule has 0 aromatic carbocycles. The first-order valence-corrected chi connectivity index (χ1v) is 6.47. The molecule has 1 aliphatic heterocycles. The van der Waals surface area contributed by atoms with Crippen molar-refractivity contribution in [2.45, 2.75) is 32.8 Å². The van der Waals surface area contributed by atoms with Crippen molar-refractivity contribution in [3.05, 3.63) is 23.4 Å². The molecule has 2 heterocycles. The standard InChI is InChI=1S/C14H19N3O/c1-3-13-11(5-7-18-13)9-17-14-12(8-15)10(2)4-6-16-14/h4,6,11,13H,3,5,7,9H2,1-2H3,(H,16,17). The molecule has 96 valence electrons. The summed E-state index contributed by atoms with van der Waals surface area (Å²) in [5.74, 6) is 1.21. The van der Waals surface area contributed by atoms with Crippen LogP contribution in [0.3, 0.4) is 0 Å². The summed E-state index contributed by atoms with van der Waals surface area (Å²) in [4.78, 5) is 4.25. The fraction of sp³-hybridized carbons (Fsp3) is 0.571. The van der Waals surface area contributed by atoms with Gasteiger partial charge < -0.3 is 10.1 Å². The highest BCUT2D eigenvalue weighted by atomic mass is 16.5. The number of nitriles is 1. The molecule has 0 spiro atoms. The second kappa shape index (κ2) is 5.83. The number of pyridine rings is 1. The van der Waals surface area contributed by atoms with Crippen LogP contribution in [0.2, 0.25) is 0 Å².